The molecule has 0 heterocycles. The number of carbonyl (C=O) groups is 6. The number of aliphatic hydroxyl groups excluding tert-OH is 1. The fraction of sp³-hybridized carbons (Fsp3) is 0.647. The molecule has 0 aliphatic heterocycles. The minimum absolute atomic E-state index is 0.0554. The molecule has 0 aliphatic rings. The SMILES string of the molecule is NCCCCC(NC(=O)C(CO)NC(=O)C(CC(=O)O)NC(=O)C(N)CC(N)=O)C(=O)O. The zero-order valence-corrected chi connectivity index (χ0v) is 17.3. The van der Waals surface area contributed by atoms with E-state index in [0.29, 0.717) is 19.4 Å². The molecule has 0 aromatic heterocycles. The molecule has 4 unspecified atom stereocenters. The second-order valence-electron chi connectivity index (χ2n) is 6.86. The van der Waals surface area contributed by atoms with E-state index in [9.17, 15) is 39.0 Å². The summed E-state index contributed by atoms with van der Waals surface area (Å²) in [5, 5.41) is 33.8. The van der Waals surface area contributed by atoms with Crippen LogP contribution in [0.25, 0.3) is 0 Å². The maximum atomic E-state index is 12.4. The molecule has 0 fully saturated rings. The van der Waals surface area contributed by atoms with Crippen molar-refractivity contribution in [3.05, 3.63) is 0 Å². The summed E-state index contributed by atoms with van der Waals surface area (Å²) >= 11 is 0. The van der Waals surface area contributed by atoms with Gasteiger partial charge >= 0.3 is 11.9 Å². The van der Waals surface area contributed by atoms with Crippen LogP contribution >= 0.6 is 0 Å². The first-order valence-corrected chi connectivity index (χ1v) is 9.63. The smallest absolute Gasteiger partial charge is 0.326 e. The highest BCUT2D eigenvalue weighted by atomic mass is 16.4. The normalized spacial score (nSPS) is 14.3. The number of carbonyl (C=O) groups excluding carboxylic acids is 4. The maximum Gasteiger partial charge on any atom is 0.326 e. The molecule has 0 rings (SSSR count). The lowest BCUT2D eigenvalue weighted by molar-refractivity contribution is -0.143. The van der Waals surface area contributed by atoms with Gasteiger partial charge in [-0.3, -0.25) is 24.0 Å². The molecule has 0 aliphatic carbocycles. The van der Waals surface area contributed by atoms with Gasteiger partial charge in [-0.1, -0.05) is 0 Å². The van der Waals surface area contributed by atoms with Crippen LogP contribution < -0.4 is 33.2 Å². The average molecular weight is 462 g/mol. The summed E-state index contributed by atoms with van der Waals surface area (Å²) in [6.45, 7) is -0.614. The van der Waals surface area contributed by atoms with Gasteiger partial charge in [-0.25, -0.2) is 4.79 Å². The molecule has 0 aromatic rings. The van der Waals surface area contributed by atoms with E-state index < -0.39 is 79.2 Å². The summed E-state index contributed by atoms with van der Waals surface area (Å²) in [6, 6.07) is -6.09. The topological polar surface area (TPSA) is 277 Å². The van der Waals surface area contributed by atoms with Gasteiger partial charge in [-0.05, 0) is 25.8 Å². The van der Waals surface area contributed by atoms with Gasteiger partial charge in [0.25, 0.3) is 0 Å². The lowest BCUT2D eigenvalue weighted by Crippen LogP contribution is -2.58. The summed E-state index contributed by atoms with van der Waals surface area (Å²) in [4.78, 5) is 69.9. The number of rotatable bonds is 16. The van der Waals surface area contributed by atoms with E-state index in [1.165, 1.54) is 0 Å². The Balaban J connectivity index is 5.21. The van der Waals surface area contributed by atoms with Gasteiger partial charge < -0.3 is 48.5 Å². The van der Waals surface area contributed by atoms with Crippen molar-refractivity contribution in [1.29, 1.82) is 0 Å². The van der Waals surface area contributed by atoms with Crippen molar-refractivity contribution in [1.82, 2.24) is 16.0 Å². The Morgan fingerprint density at radius 2 is 1.31 bits per heavy atom. The average Bonchev–Trinajstić information content (AvgIpc) is 2.69. The fourth-order valence-electron chi connectivity index (χ4n) is 2.46. The third-order valence-electron chi connectivity index (χ3n) is 4.15. The first-order chi connectivity index (χ1) is 14.9. The molecule has 0 bridgehead atoms. The van der Waals surface area contributed by atoms with Crippen molar-refractivity contribution in [2.45, 2.75) is 56.3 Å². The van der Waals surface area contributed by atoms with E-state index in [4.69, 9.17) is 22.3 Å². The number of hydrogen-bond donors (Lipinski definition) is 9. The maximum absolute atomic E-state index is 12.4. The Morgan fingerprint density at radius 1 is 0.781 bits per heavy atom. The number of aliphatic carboxylic acids is 2. The molecule has 0 spiro atoms. The standard InChI is InChI=1S/C17H30N6O9/c18-4-2-1-3-9(17(31)32)21-16(30)11(7-24)23-15(29)10(6-13(26)27)22-14(28)8(19)5-12(20)25/h8-11,24H,1-7,18-19H2,(H2,20,25)(H,21,30)(H,22,28)(H,23,29)(H,26,27)(H,31,32). The molecule has 4 amide bonds. The highest BCUT2D eigenvalue weighted by Crippen LogP contribution is 2.02. The third kappa shape index (κ3) is 11.2. The summed E-state index contributed by atoms with van der Waals surface area (Å²) in [7, 11) is 0. The van der Waals surface area contributed by atoms with E-state index in [1.807, 2.05) is 10.6 Å². The van der Waals surface area contributed by atoms with Gasteiger partial charge in [0, 0.05) is 0 Å². The van der Waals surface area contributed by atoms with E-state index in [2.05, 4.69) is 5.32 Å². The second-order valence-corrected chi connectivity index (χ2v) is 6.86. The van der Waals surface area contributed by atoms with Crippen LogP contribution in [0, 0.1) is 0 Å². The highest BCUT2D eigenvalue weighted by molar-refractivity contribution is 5.96. The minimum Gasteiger partial charge on any atom is -0.481 e. The molecule has 15 nitrogen and oxygen atoms in total. The Kier molecular flexibility index (Phi) is 13.1. The summed E-state index contributed by atoms with van der Waals surface area (Å²) in [5.41, 5.74) is 15.7. The Morgan fingerprint density at radius 3 is 1.78 bits per heavy atom. The highest BCUT2D eigenvalue weighted by Gasteiger charge is 2.31. The van der Waals surface area contributed by atoms with Crippen LogP contribution in [-0.2, 0) is 28.8 Å². The van der Waals surface area contributed by atoms with E-state index in [1.54, 1.807) is 0 Å². The van der Waals surface area contributed by atoms with Crippen LogP contribution in [-0.4, -0.2) is 88.2 Å². The molecule has 182 valence electrons. The summed E-state index contributed by atoms with van der Waals surface area (Å²) in [6.07, 6.45) is -0.483. The van der Waals surface area contributed by atoms with Crippen LogP contribution in [0.3, 0.4) is 0 Å². The number of primary amides is 1. The summed E-state index contributed by atoms with van der Waals surface area (Å²) < 4.78 is 0. The Labute approximate surface area is 183 Å². The second kappa shape index (κ2) is 14.7. The van der Waals surface area contributed by atoms with Gasteiger partial charge in [0.05, 0.1) is 25.5 Å². The number of amides is 4. The molecular formula is C17H30N6O9. The quantitative estimate of drug-likeness (QED) is 0.0982. The number of aliphatic hydroxyl groups is 1. The number of carboxylic acids is 2. The minimum atomic E-state index is -1.71. The van der Waals surface area contributed by atoms with Gasteiger partial charge in [-0.15, -0.1) is 0 Å². The number of unbranched alkanes of at least 4 members (excludes halogenated alkanes) is 1. The summed E-state index contributed by atoms with van der Waals surface area (Å²) in [5.74, 6) is -6.95. The molecule has 15 heteroatoms. The van der Waals surface area contributed by atoms with Crippen molar-refractivity contribution in [2.75, 3.05) is 13.2 Å². The van der Waals surface area contributed by atoms with Crippen molar-refractivity contribution >= 4 is 35.6 Å². The Hall–Kier alpha value is -3.30. The molecule has 0 radical (unpaired) electrons. The predicted molar refractivity (Wildman–Crippen MR) is 107 cm³/mol. The van der Waals surface area contributed by atoms with E-state index >= 15 is 0 Å². The monoisotopic (exact) mass is 462 g/mol. The Bertz CT molecular complexity index is 702. The van der Waals surface area contributed by atoms with Gasteiger partial charge in [0.15, 0.2) is 0 Å². The number of carboxylic acid groups (broad SMARTS) is 2. The lowest BCUT2D eigenvalue weighted by atomic mass is 10.1. The van der Waals surface area contributed by atoms with Crippen LogP contribution in [0.4, 0.5) is 0 Å². The van der Waals surface area contributed by atoms with E-state index in [-0.39, 0.29) is 6.42 Å². The van der Waals surface area contributed by atoms with Crippen LogP contribution in [0.1, 0.15) is 32.1 Å². The fourth-order valence-corrected chi connectivity index (χ4v) is 2.46. The van der Waals surface area contributed by atoms with E-state index in [0.717, 1.165) is 0 Å². The molecule has 0 saturated heterocycles. The van der Waals surface area contributed by atoms with Gasteiger partial charge in [-0.2, -0.15) is 0 Å². The van der Waals surface area contributed by atoms with Gasteiger partial charge in [0.2, 0.25) is 23.6 Å². The predicted octanol–water partition coefficient (Wildman–Crippen LogP) is -4.68. The number of nitrogens with two attached hydrogens (primary N) is 3. The molecule has 4 atom stereocenters. The van der Waals surface area contributed by atoms with Crippen molar-refractivity contribution in [3.63, 3.8) is 0 Å². The first kappa shape index (κ1) is 28.7. The number of nitrogens with one attached hydrogen (secondary N) is 3. The largest absolute Gasteiger partial charge is 0.481 e. The van der Waals surface area contributed by atoms with Crippen LogP contribution in [0.2, 0.25) is 0 Å². The van der Waals surface area contributed by atoms with Crippen LogP contribution in [0.15, 0.2) is 0 Å². The zero-order valence-electron chi connectivity index (χ0n) is 17.3. The lowest BCUT2D eigenvalue weighted by Gasteiger charge is -2.23. The first-order valence-electron chi connectivity index (χ1n) is 9.63. The van der Waals surface area contributed by atoms with Crippen molar-refractivity contribution in [2.24, 2.45) is 17.2 Å². The molecular weight excluding hydrogens is 432 g/mol. The third-order valence-corrected chi connectivity index (χ3v) is 4.15. The van der Waals surface area contributed by atoms with Crippen LogP contribution in [0.5, 0.6) is 0 Å². The number of hydrogen-bond acceptors (Lipinski definition) is 9. The molecule has 0 aromatic carbocycles. The molecule has 32 heavy (non-hydrogen) atoms. The van der Waals surface area contributed by atoms with Gasteiger partial charge in [0.1, 0.15) is 18.1 Å². The molecule has 0 saturated carbocycles. The zero-order chi connectivity index (χ0) is 24.8. The molecule has 12 N–H and O–H groups in total. The van der Waals surface area contributed by atoms with Crippen molar-refractivity contribution in [3.8, 4) is 0 Å². The van der Waals surface area contributed by atoms with Crippen molar-refractivity contribution < 1.29 is 44.1 Å².